The van der Waals surface area contributed by atoms with Crippen molar-refractivity contribution in [1.82, 2.24) is 13.7 Å². The van der Waals surface area contributed by atoms with Crippen molar-refractivity contribution in [1.29, 1.82) is 0 Å². The van der Waals surface area contributed by atoms with Crippen molar-refractivity contribution in [2.75, 3.05) is 19.4 Å². The first-order valence-corrected chi connectivity index (χ1v) is 10.3. The first-order valence-electron chi connectivity index (χ1n) is 8.82. The lowest BCUT2D eigenvalue weighted by Gasteiger charge is -2.12. The Kier molecular flexibility index (Phi) is 5.45. The first-order chi connectivity index (χ1) is 13.6. The largest absolute Gasteiger partial charge is 0.316 e. The van der Waals surface area contributed by atoms with Crippen molar-refractivity contribution < 1.29 is 13.2 Å². The Morgan fingerprint density at radius 1 is 1.03 bits per heavy atom. The number of nitrogens with one attached hydrogen (secondary N) is 1. The van der Waals surface area contributed by atoms with E-state index in [-0.39, 0.29) is 21.7 Å². The number of para-hydroxylation sites is 1. The van der Waals surface area contributed by atoms with Gasteiger partial charge in [0.15, 0.2) is 0 Å². The summed E-state index contributed by atoms with van der Waals surface area (Å²) >= 11 is 0. The molecule has 1 N–H and O–H groups in total. The molecule has 0 saturated heterocycles. The molecule has 0 aliphatic heterocycles. The second kappa shape index (κ2) is 7.69. The maximum Gasteiger partial charge on any atom is 0.295 e. The van der Waals surface area contributed by atoms with E-state index in [9.17, 15) is 18.0 Å². The van der Waals surface area contributed by atoms with Gasteiger partial charge >= 0.3 is 0 Å². The fourth-order valence-electron chi connectivity index (χ4n) is 2.91. The average Bonchev–Trinajstić information content (AvgIpc) is 2.91. The summed E-state index contributed by atoms with van der Waals surface area (Å²) in [6.07, 6.45) is 0. The molecule has 152 valence electrons. The summed E-state index contributed by atoms with van der Waals surface area (Å²) in [5.41, 5.74) is 1.15. The zero-order valence-corrected chi connectivity index (χ0v) is 17.4. The molecule has 2 aromatic carbocycles. The predicted molar refractivity (Wildman–Crippen MR) is 111 cm³/mol. The molecule has 0 bridgehead atoms. The van der Waals surface area contributed by atoms with Crippen LogP contribution < -0.4 is 10.9 Å². The molecule has 1 heterocycles. The topological polar surface area (TPSA) is 93.4 Å². The fourth-order valence-corrected chi connectivity index (χ4v) is 3.85. The van der Waals surface area contributed by atoms with E-state index in [4.69, 9.17) is 0 Å². The van der Waals surface area contributed by atoms with Crippen LogP contribution in [0, 0.1) is 6.92 Å². The number of sulfonamides is 1. The van der Waals surface area contributed by atoms with Crippen LogP contribution in [0.15, 0.2) is 64.3 Å². The van der Waals surface area contributed by atoms with Crippen LogP contribution in [0.4, 0.5) is 5.69 Å². The Labute approximate surface area is 169 Å². The van der Waals surface area contributed by atoms with Gasteiger partial charge in [0.1, 0.15) is 5.69 Å². The van der Waals surface area contributed by atoms with Gasteiger partial charge in [-0.2, -0.15) is 0 Å². The highest BCUT2D eigenvalue weighted by molar-refractivity contribution is 7.89. The molecule has 0 aliphatic rings. The van der Waals surface area contributed by atoms with E-state index in [1.807, 2.05) is 18.2 Å². The summed E-state index contributed by atoms with van der Waals surface area (Å²) in [6, 6.07) is 14.8. The number of aromatic nitrogens is 2. The number of hydrogen-bond acceptors (Lipinski definition) is 4. The van der Waals surface area contributed by atoms with E-state index in [2.05, 4.69) is 5.32 Å². The van der Waals surface area contributed by atoms with Crippen molar-refractivity contribution in [2.45, 2.75) is 11.8 Å². The van der Waals surface area contributed by atoms with Gasteiger partial charge in [0.05, 0.1) is 16.3 Å². The Morgan fingerprint density at radius 3 is 2.31 bits per heavy atom. The first kappa shape index (κ1) is 20.6. The summed E-state index contributed by atoms with van der Waals surface area (Å²) in [5.74, 6) is -0.563. The highest BCUT2D eigenvalue weighted by Gasteiger charge is 2.21. The zero-order chi connectivity index (χ0) is 21.3. The van der Waals surface area contributed by atoms with E-state index in [1.54, 1.807) is 30.8 Å². The van der Waals surface area contributed by atoms with E-state index in [0.717, 1.165) is 4.31 Å². The van der Waals surface area contributed by atoms with Crippen LogP contribution in [0.2, 0.25) is 0 Å². The van der Waals surface area contributed by atoms with Gasteiger partial charge in [-0.1, -0.05) is 24.3 Å². The molecule has 0 atom stereocenters. The van der Waals surface area contributed by atoms with Gasteiger partial charge in [0.2, 0.25) is 10.0 Å². The van der Waals surface area contributed by atoms with Crippen LogP contribution in [0.1, 0.15) is 16.1 Å². The van der Waals surface area contributed by atoms with Gasteiger partial charge in [-0.15, -0.1) is 0 Å². The summed E-state index contributed by atoms with van der Waals surface area (Å²) in [5, 5.41) is 2.63. The number of nitrogens with zero attached hydrogens (tertiary/aromatic N) is 3. The van der Waals surface area contributed by atoms with E-state index in [0.29, 0.717) is 11.4 Å². The van der Waals surface area contributed by atoms with Crippen molar-refractivity contribution in [3.8, 4) is 5.69 Å². The SMILES string of the molecule is Cc1c(NC(=O)c2cccc(S(=O)(=O)N(C)C)c2)c(=O)n(-c2ccccc2)n1C. The van der Waals surface area contributed by atoms with Crippen LogP contribution in [-0.4, -0.2) is 42.1 Å². The van der Waals surface area contributed by atoms with Gasteiger partial charge in [-0.25, -0.2) is 17.4 Å². The van der Waals surface area contributed by atoms with E-state index in [1.165, 1.54) is 43.0 Å². The van der Waals surface area contributed by atoms with Crippen molar-refractivity contribution in [2.24, 2.45) is 7.05 Å². The third-order valence-corrected chi connectivity index (χ3v) is 6.48. The number of carbonyl (C=O) groups is 1. The van der Waals surface area contributed by atoms with Gasteiger partial charge < -0.3 is 5.32 Å². The lowest BCUT2D eigenvalue weighted by molar-refractivity contribution is 0.102. The molecule has 0 unspecified atom stereocenters. The molecule has 0 saturated carbocycles. The minimum Gasteiger partial charge on any atom is -0.316 e. The lowest BCUT2D eigenvalue weighted by Crippen LogP contribution is -2.24. The summed E-state index contributed by atoms with van der Waals surface area (Å²) in [4.78, 5) is 25.7. The molecular weight excluding hydrogens is 392 g/mol. The predicted octanol–water partition coefficient (Wildman–Crippen LogP) is 1.99. The monoisotopic (exact) mass is 414 g/mol. The molecule has 0 spiro atoms. The second-order valence-corrected chi connectivity index (χ2v) is 8.86. The highest BCUT2D eigenvalue weighted by atomic mass is 32.2. The van der Waals surface area contributed by atoms with E-state index >= 15 is 0 Å². The minimum absolute atomic E-state index is 0.00151. The maximum absolute atomic E-state index is 12.9. The lowest BCUT2D eigenvalue weighted by atomic mass is 10.2. The summed E-state index contributed by atoms with van der Waals surface area (Å²) < 4.78 is 28.8. The van der Waals surface area contributed by atoms with Crippen LogP contribution in [0.5, 0.6) is 0 Å². The molecular formula is C20H22N4O4S. The molecule has 3 rings (SSSR count). The van der Waals surface area contributed by atoms with Crippen LogP contribution in [0.25, 0.3) is 5.69 Å². The van der Waals surface area contributed by atoms with Crippen LogP contribution in [-0.2, 0) is 17.1 Å². The average molecular weight is 414 g/mol. The highest BCUT2D eigenvalue weighted by Crippen LogP contribution is 2.18. The van der Waals surface area contributed by atoms with Gasteiger partial charge in [-0.05, 0) is 37.3 Å². The molecule has 3 aromatic rings. The molecule has 29 heavy (non-hydrogen) atoms. The van der Waals surface area contributed by atoms with Crippen molar-refractivity contribution >= 4 is 21.6 Å². The maximum atomic E-state index is 12.9. The fraction of sp³-hybridized carbons (Fsp3) is 0.200. The minimum atomic E-state index is -3.68. The number of anilines is 1. The van der Waals surface area contributed by atoms with Gasteiger partial charge in [-0.3, -0.25) is 14.3 Å². The van der Waals surface area contributed by atoms with E-state index < -0.39 is 15.9 Å². The Hall–Kier alpha value is -3.17. The number of benzene rings is 2. The Morgan fingerprint density at radius 2 is 1.69 bits per heavy atom. The van der Waals surface area contributed by atoms with Gasteiger partial charge in [0, 0.05) is 26.7 Å². The number of rotatable bonds is 5. The molecule has 0 aliphatic carbocycles. The number of amides is 1. The van der Waals surface area contributed by atoms with Gasteiger partial charge in [0.25, 0.3) is 11.5 Å². The van der Waals surface area contributed by atoms with Crippen molar-refractivity contribution in [3.05, 3.63) is 76.2 Å². The molecule has 0 fully saturated rings. The van der Waals surface area contributed by atoms with Crippen LogP contribution in [0.3, 0.4) is 0 Å². The molecule has 9 heteroatoms. The second-order valence-electron chi connectivity index (χ2n) is 6.71. The quantitative estimate of drug-likeness (QED) is 0.691. The number of hydrogen-bond donors (Lipinski definition) is 1. The Bertz CT molecular complexity index is 1230. The molecule has 0 radical (unpaired) electrons. The Balaban J connectivity index is 1.98. The molecule has 8 nitrogen and oxygen atoms in total. The summed E-state index contributed by atoms with van der Waals surface area (Å²) in [7, 11) is 0.885. The third kappa shape index (κ3) is 3.74. The smallest absolute Gasteiger partial charge is 0.295 e. The molecule has 1 aromatic heterocycles. The standard InChI is InChI=1S/C20H22N4O4S/c1-14-18(20(26)24(23(14)4)16-10-6-5-7-11-16)21-19(25)15-9-8-12-17(13-15)29(27,28)22(2)3/h5-13H,1-4H3,(H,21,25). The summed E-state index contributed by atoms with van der Waals surface area (Å²) in [6.45, 7) is 1.73. The van der Waals surface area contributed by atoms with Crippen LogP contribution >= 0.6 is 0 Å². The normalized spacial score (nSPS) is 11.6. The number of carbonyl (C=O) groups excluding carboxylic acids is 1. The zero-order valence-electron chi connectivity index (χ0n) is 16.6. The van der Waals surface area contributed by atoms with Crippen molar-refractivity contribution in [3.63, 3.8) is 0 Å². The third-order valence-electron chi connectivity index (χ3n) is 4.67. The molecule has 1 amide bonds.